The molecule has 2 aromatic rings. The number of H-pyrrole nitrogens is 1. The minimum Gasteiger partial charge on any atom is -0.449 e. The Labute approximate surface area is 162 Å². The minimum atomic E-state index is -4.13. The van der Waals surface area contributed by atoms with Gasteiger partial charge in [-0.25, -0.2) is 13.2 Å². The van der Waals surface area contributed by atoms with Crippen LogP contribution in [0, 0.1) is 11.3 Å². The number of fused-ring (bicyclic) bond motifs is 1. The highest BCUT2D eigenvalue weighted by Gasteiger charge is 2.26. The number of aromatic amines is 1. The highest BCUT2D eigenvalue weighted by Crippen LogP contribution is 2.19. The Bertz CT molecular complexity index is 1010. The number of nitrogens with one attached hydrogen (secondary N) is 3. The van der Waals surface area contributed by atoms with E-state index in [1.807, 2.05) is 24.3 Å². The van der Waals surface area contributed by atoms with Crippen LogP contribution in [0.2, 0.25) is 0 Å². The van der Waals surface area contributed by atoms with Gasteiger partial charge in [0.15, 0.2) is 5.75 Å². The van der Waals surface area contributed by atoms with Gasteiger partial charge in [-0.1, -0.05) is 24.3 Å². The lowest BCUT2D eigenvalue weighted by atomic mass is 10.0. The molecule has 0 saturated carbocycles. The summed E-state index contributed by atoms with van der Waals surface area (Å²) in [5.41, 5.74) is 1.54. The number of carbonyl (C=O) groups excluding carboxylic acids is 2. The first-order chi connectivity index (χ1) is 13.4. The van der Waals surface area contributed by atoms with Crippen molar-refractivity contribution >= 4 is 32.9 Å². The smallest absolute Gasteiger partial charge is 0.407 e. The van der Waals surface area contributed by atoms with Gasteiger partial charge in [-0.2, -0.15) is 5.26 Å². The number of rotatable bonds is 9. The van der Waals surface area contributed by atoms with Crippen LogP contribution in [0.25, 0.3) is 10.9 Å². The molecule has 1 atom stereocenters. The Morgan fingerprint density at radius 1 is 1.36 bits per heavy atom. The lowest BCUT2D eigenvalue weighted by Gasteiger charge is -2.17. The number of sulfonamides is 1. The second-order valence-electron chi connectivity index (χ2n) is 5.86. The first-order valence-corrected chi connectivity index (χ1v) is 10.0. The van der Waals surface area contributed by atoms with E-state index in [1.54, 1.807) is 17.0 Å². The number of aromatic nitrogens is 1. The number of amides is 2. The molecule has 0 saturated heterocycles. The lowest BCUT2D eigenvalue weighted by molar-refractivity contribution is -0.121. The van der Waals surface area contributed by atoms with Gasteiger partial charge in [0.25, 0.3) is 5.91 Å². The van der Waals surface area contributed by atoms with Crippen molar-refractivity contribution in [2.75, 3.05) is 12.4 Å². The normalized spacial score (nSPS) is 12.0. The van der Waals surface area contributed by atoms with Crippen molar-refractivity contribution in [2.45, 2.75) is 18.9 Å². The molecule has 0 aliphatic heterocycles. The van der Waals surface area contributed by atoms with E-state index in [-0.39, 0.29) is 13.0 Å². The minimum absolute atomic E-state index is 0.0223. The van der Waals surface area contributed by atoms with E-state index < -0.39 is 33.8 Å². The largest absolute Gasteiger partial charge is 0.449 e. The van der Waals surface area contributed by atoms with E-state index in [9.17, 15) is 18.0 Å². The van der Waals surface area contributed by atoms with Crippen LogP contribution in [-0.2, 0) is 26.0 Å². The fourth-order valence-electron chi connectivity index (χ4n) is 2.49. The fourth-order valence-corrected chi connectivity index (χ4v) is 3.18. The third kappa shape index (κ3) is 5.85. The molecule has 1 aromatic carbocycles. The summed E-state index contributed by atoms with van der Waals surface area (Å²) in [7, 11) is -4.13. The van der Waals surface area contributed by atoms with Gasteiger partial charge in [0.05, 0.1) is 12.7 Å². The van der Waals surface area contributed by atoms with E-state index in [0.29, 0.717) is 12.0 Å². The first kappa shape index (κ1) is 21.0. The fraction of sp³-hybridized carbons (Fsp3) is 0.278. The van der Waals surface area contributed by atoms with E-state index in [0.717, 1.165) is 10.9 Å². The second-order valence-corrected chi connectivity index (χ2v) is 7.58. The number of ether oxygens (including phenoxy) is 1. The molecular weight excluding hydrogens is 384 g/mol. The molecule has 9 nitrogen and oxygen atoms in total. The monoisotopic (exact) mass is 404 g/mol. The molecule has 148 valence electrons. The molecule has 2 amide bonds. The average molecular weight is 404 g/mol. The quantitative estimate of drug-likeness (QED) is 0.425. The molecule has 0 radical (unpaired) electrons. The van der Waals surface area contributed by atoms with Crippen LogP contribution in [0.1, 0.15) is 12.0 Å². The molecule has 0 aliphatic carbocycles. The van der Waals surface area contributed by atoms with E-state index in [1.165, 1.54) is 6.07 Å². The number of carbonyl (C=O) groups is 2. The summed E-state index contributed by atoms with van der Waals surface area (Å²) < 4.78 is 30.2. The molecule has 0 fully saturated rings. The molecule has 0 bridgehead atoms. The zero-order valence-corrected chi connectivity index (χ0v) is 15.8. The highest BCUT2D eigenvalue weighted by molar-refractivity contribution is 7.90. The number of hydrogen-bond acceptors (Lipinski definition) is 6. The predicted octanol–water partition coefficient (Wildman–Crippen LogP) is 1.35. The zero-order valence-electron chi connectivity index (χ0n) is 15.0. The van der Waals surface area contributed by atoms with E-state index in [2.05, 4.69) is 16.9 Å². The van der Waals surface area contributed by atoms with Gasteiger partial charge < -0.3 is 15.0 Å². The number of benzene rings is 1. The third-order valence-corrected chi connectivity index (χ3v) is 4.79. The van der Waals surface area contributed by atoms with Gasteiger partial charge in [-0.05, 0) is 18.1 Å². The molecule has 3 N–H and O–H groups in total. The summed E-state index contributed by atoms with van der Waals surface area (Å²) in [5, 5.41) is 11.8. The van der Waals surface area contributed by atoms with Crippen LogP contribution >= 0.6 is 0 Å². The molecule has 1 aromatic heterocycles. The van der Waals surface area contributed by atoms with Crippen LogP contribution in [0.3, 0.4) is 0 Å². The molecule has 10 heteroatoms. The van der Waals surface area contributed by atoms with Gasteiger partial charge >= 0.3 is 6.09 Å². The van der Waals surface area contributed by atoms with Crippen LogP contribution in [0.15, 0.2) is 43.1 Å². The number of hydrogen-bond donors (Lipinski definition) is 3. The zero-order chi connectivity index (χ0) is 20.6. The Morgan fingerprint density at radius 3 is 2.82 bits per heavy atom. The number of para-hydroxylation sites is 1. The maximum atomic E-state index is 12.5. The topological polar surface area (TPSA) is 141 Å². The van der Waals surface area contributed by atoms with Crippen molar-refractivity contribution in [2.24, 2.45) is 0 Å². The van der Waals surface area contributed by atoms with Crippen molar-refractivity contribution in [1.29, 1.82) is 5.26 Å². The number of nitriles is 1. The molecule has 28 heavy (non-hydrogen) atoms. The summed E-state index contributed by atoms with van der Waals surface area (Å²) in [6.45, 7) is 3.58. The van der Waals surface area contributed by atoms with Gasteiger partial charge in [0.2, 0.25) is 10.0 Å². The van der Waals surface area contributed by atoms with Crippen LogP contribution in [0.4, 0.5) is 4.79 Å². The average Bonchev–Trinajstić information content (AvgIpc) is 3.04. The molecule has 1 heterocycles. The Hall–Kier alpha value is -3.32. The van der Waals surface area contributed by atoms with Crippen LogP contribution in [0.5, 0.6) is 0 Å². The lowest BCUT2D eigenvalue weighted by Crippen LogP contribution is -2.50. The van der Waals surface area contributed by atoms with Crippen LogP contribution in [-0.4, -0.2) is 43.8 Å². The maximum absolute atomic E-state index is 12.5. The van der Waals surface area contributed by atoms with E-state index in [4.69, 9.17) is 10.00 Å². The van der Waals surface area contributed by atoms with Crippen molar-refractivity contribution in [3.63, 3.8) is 0 Å². The molecule has 1 unspecified atom stereocenters. The second kappa shape index (κ2) is 9.57. The summed E-state index contributed by atoms with van der Waals surface area (Å²) >= 11 is 0. The third-order valence-electron chi connectivity index (χ3n) is 3.77. The maximum Gasteiger partial charge on any atom is 0.407 e. The predicted molar refractivity (Wildman–Crippen MR) is 103 cm³/mol. The SMILES string of the molecule is C=CCCOC(=O)NC(Cc1c[nH]c2ccccc12)C(=O)NS(=O)(=O)CC#N. The van der Waals surface area contributed by atoms with Gasteiger partial charge in [0, 0.05) is 23.5 Å². The molecule has 2 rings (SSSR count). The Kier molecular flexibility index (Phi) is 7.17. The van der Waals surface area contributed by atoms with Crippen molar-refractivity contribution < 1.29 is 22.7 Å². The van der Waals surface area contributed by atoms with Gasteiger partial charge in [-0.3, -0.25) is 9.52 Å². The van der Waals surface area contributed by atoms with Crippen molar-refractivity contribution in [1.82, 2.24) is 15.0 Å². The van der Waals surface area contributed by atoms with Gasteiger partial charge in [-0.15, -0.1) is 6.58 Å². The number of nitrogens with zero attached hydrogens (tertiary/aromatic N) is 1. The van der Waals surface area contributed by atoms with Gasteiger partial charge in [0.1, 0.15) is 6.04 Å². The first-order valence-electron chi connectivity index (χ1n) is 8.36. The summed E-state index contributed by atoms with van der Waals surface area (Å²) in [4.78, 5) is 27.5. The summed E-state index contributed by atoms with van der Waals surface area (Å²) in [6.07, 6.45) is 2.84. The Balaban J connectivity index is 2.20. The molecule has 0 spiro atoms. The molecular formula is C18H20N4O5S. The van der Waals surface area contributed by atoms with Crippen molar-refractivity contribution in [3.8, 4) is 6.07 Å². The Morgan fingerprint density at radius 2 is 2.11 bits per heavy atom. The summed E-state index contributed by atoms with van der Waals surface area (Å²) in [5.74, 6) is -1.83. The highest BCUT2D eigenvalue weighted by atomic mass is 32.2. The summed E-state index contributed by atoms with van der Waals surface area (Å²) in [6, 6.07) is 7.60. The standard InChI is InChI=1S/C18H20N4O5S/c1-2-3-9-27-18(24)21-16(17(23)22-28(25,26)10-8-19)11-13-12-20-15-7-5-4-6-14(13)15/h2,4-7,12,16,20H,1,3,9-11H2,(H,21,24)(H,22,23). The van der Waals surface area contributed by atoms with Crippen LogP contribution < -0.4 is 10.0 Å². The molecule has 0 aliphatic rings. The van der Waals surface area contributed by atoms with E-state index >= 15 is 0 Å². The van der Waals surface area contributed by atoms with Crippen molar-refractivity contribution in [3.05, 3.63) is 48.7 Å². The number of alkyl carbamates (subject to hydrolysis) is 1.